The fraction of sp³-hybridized carbons (Fsp3) is 0.882. The molecule has 3 unspecified atom stereocenters. The molecule has 17 nitrogen and oxygen atoms in total. The average molecular weight is 1280 g/mol. The van der Waals surface area contributed by atoms with E-state index in [-0.39, 0.29) is 25.7 Å². The second-order valence-electron chi connectivity index (χ2n) is 25.1. The Morgan fingerprint density at radius 2 is 0.678 bits per heavy atom. The van der Waals surface area contributed by atoms with Gasteiger partial charge in [-0.25, -0.2) is 9.13 Å². The van der Waals surface area contributed by atoms with Crippen LogP contribution in [-0.2, 0) is 65.4 Å². The summed E-state index contributed by atoms with van der Waals surface area (Å²) in [5.41, 5.74) is 0. The van der Waals surface area contributed by atoms with Gasteiger partial charge in [-0.2, -0.15) is 0 Å². The van der Waals surface area contributed by atoms with Gasteiger partial charge in [-0.1, -0.05) is 259 Å². The smallest absolute Gasteiger partial charge is 0.462 e. The van der Waals surface area contributed by atoms with Crippen molar-refractivity contribution in [3.63, 3.8) is 0 Å². The number of carbonyl (C=O) groups excluding carboxylic acids is 4. The lowest BCUT2D eigenvalue weighted by Gasteiger charge is -2.21. The molecule has 0 aliphatic heterocycles. The number of aliphatic hydroxyl groups is 1. The van der Waals surface area contributed by atoms with E-state index in [9.17, 15) is 43.2 Å². The molecule has 0 spiro atoms. The van der Waals surface area contributed by atoms with Crippen LogP contribution in [0.25, 0.3) is 0 Å². The van der Waals surface area contributed by atoms with Crippen LogP contribution in [0.4, 0.5) is 0 Å². The van der Waals surface area contributed by atoms with Gasteiger partial charge in [-0.05, 0) is 69.1 Å². The summed E-state index contributed by atoms with van der Waals surface area (Å²) in [6.07, 6.45) is 44.1. The van der Waals surface area contributed by atoms with Crippen molar-refractivity contribution in [1.82, 2.24) is 0 Å². The lowest BCUT2D eigenvalue weighted by Crippen LogP contribution is -2.30. The van der Waals surface area contributed by atoms with Crippen molar-refractivity contribution in [2.24, 2.45) is 17.8 Å². The van der Waals surface area contributed by atoms with E-state index >= 15 is 0 Å². The molecule has 0 saturated carbocycles. The molecule has 0 amide bonds. The Morgan fingerprint density at radius 3 is 1.02 bits per heavy atom. The summed E-state index contributed by atoms with van der Waals surface area (Å²) in [6, 6.07) is 0. The highest BCUT2D eigenvalue weighted by Crippen LogP contribution is 2.45. The van der Waals surface area contributed by atoms with E-state index in [1.54, 1.807) is 0 Å². The van der Waals surface area contributed by atoms with Gasteiger partial charge >= 0.3 is 39.5 Å². The van der Waals surface area contributed by atoms with Crippen LogP contribution in [0, 0.1) is 17.8 Å². The molecule has 0 radical (unpaired) electrons. The van der Waals surface area contributed by atoms with E-state index in [0.29, 0.717) is 37.5 Å². The first kappa shape index (κ1) is 84.5. The summed E-state index contributed by atoms with van der Waals surface area (Å²) in [7, 11) is -9.91. The standard InChI is InChI=1S/C68H128O17P2/c1-8-10-11-12-13-14-15-16-17-18-19-23-26-35-42-49-65(70)78-55-64(85-68(73)52-45-38-31-29-34-41-48-61(7)9-2)58-83-87(76,77)81-54-62(69)53-80-86(74,75)82-57-63(56-79-66(71)50-43-36-30-28-33-40-47-60(5)6)84-67(72)51-44-37-27-24-21-20-22-25-32-39-46-59(3)4/h14-17,59-64,69H,8-13,18-58H2,1-7H3,(H,74,75)(H,76,77)/b15-14-,17-16-/t61?,62-,63+,64+/m0/s1. The monoisotopic (exact) mass is 1280 g/mol. The number of phosphoric ester groups is 2. The number of carbonyl (C=O) groups is 4. The van der Waals surface area contributed by atoms with Crippen LogP contribution >= 0.6 is 15.6 Å². The molecule has 0 aliphatic carbocycles. The second-order valence-corrected chi connectivity index (χ2v) is 28.0. The lowest BCUT2D eigenvalue weighted by atomic mass is 10.00. The quantitative estimate of drug-likeness (QED) is 0.0169. The molecule has 0 rings (SSSR count). The minimum absolute atomic E-state index is 0.0955. The number of esters is 4. The van der Waals surface area contributed by atoms with Crippen LogP contribution in [0.5, 0.6) is 0 Å². The first-order chi connectivity index (χ1) is 41.8. The van der Waals surface area contributed by atoms with Crippen LogP contribution < -0.4 is 0 Å². The third-order valence-corrected chi connectivity index (χ3v) is 17.3. The molecular formula is C68H128O17P2. The molecule has 0 heterocycles. The van der Waals surface area contributed by atoms with Gasteiger partial charge in [0.1, 0.15) is 19.3 Å². The Labute approximate surface area is 529 Å². The maximum Gasteiger partial charge on any atom is 0.472 e. The zero-order chi connectivity index (χ0) is 64.5. The van der Waals surface area contributed by atoms with Gasteiger partial charge in [0.15, 0.2) is 12.2 Å². The van der Waals surface area contributed by atoms with Crippen molar-refractivity contribution in [2.75, 3.05) is 39.6 Å². The van der Waals surface area contributed by atoms with E-state index < -0.39 is 97.5 Å². The second kappa shape index (κ2) is 58.6. The minimum Gasteiger partial charge on any atom is -0.462 e. The average Bonchev–Trinajstić information content (AvgIpc) is 3.59. The van der Waals surface area contributed by atoms with Gasteiger partial charge < -0.3 is 33.8 Å². The van der Waals surface area contributed by atoms with Crippen molar-refractivity contribution in [3.05, 3.63) is 24.3 Å². The Morgan fingerprint density at radius 1 is 0.379 bits per heavy atom. The Bertz CT molecular complexity index is 1810. The third-order valence-electron chi connectivity index (χ3n) is 15.4. The summed E-state index contributed by atoms with van der Waals surface area (Å²) < 4.78 is 68.1. The van der Waals surface area contributed by atoms with E-state index in [0.717, 1.165) is 121 Å². The predicted octanol–water partition coefficient (Wildman–Crippen LogP) is 18.6. The SMILES string of the molecule is CCCCCC/C=C\C=C/CCCCCCCC(=O)OC[C@H](COP(=O)(O)OC[C@@H](O)COP(=O)(O)OC[C@@H](COC(=O)CCCCCCCCC(C)C)OC(=O)CCCCCCCCCCCCC(C)C)OC(=O)CCCCCCCCC(C)CC. The van der Waals surface area contributed by atoms with Crippen molar-refractivity contribution in [1.29, 1.82) is 0 Å². The summed E-state index contributed by atoms with van der Waals surface area (Å²) in [5, 5.41) is 10.6. The Kier molecular flexibility index (Phi) is 57.0. The fourth-order valence-electron chi connectivity index (χ4n) is 9.61. The molecule has 0 saturated heterocycles. The molecule has 0 bridgehead atoms. The number of aliphatic hydroxyl groups excluding tert-OH is 1. The summed E-state index contributed by atoms with van der Waals surface area (Å²) in [5.74, 6) is -0.0204. The predicted molar refractivity (Wildman–Crippen MR) is 349 cm³/mol. The van der Waals surface area contributed by atoms with Gasteiger partial charge in [-0.15, -0.1) is 0 Å². The molecule has 0 aliphatic rings. The van der Waals surface area contributed by atoms with E-state index in [1.165, 1.54) is 96.3 Å². The highest BCUT2D eigenvalue weighted by molar-refractivity contribution is 7.47. The first-order valence-corrected chi connectivity index (χ1v) is 37.7. The minimum atomic E-state index is -4.96. The summed E-state index contributed by atoms with van der Waals surface area (Å²) in [4.78, 5) is 72.3. The van der Waals surface area contributed by atoms with Gasteiger partial charge in [0.25, 0.3) is 0 Å². The van der Waals surface area contributed by atoms with Crippen LogP contribution in [0.1, 0.15) is 312 Å². The topological polar surface area (TPSA) is 237 Å². The molecule has 19 heteroatoms. The molecule has 0 aromatic carbocycles. The van der Waals surface area contributed by atoms with Crippen LogP contribution in [-0.4, -0.2) is 96.7 Å². The van der Waals surface area contributed by atoms with Crippen molar-refractivity contribution in [3.8, 4) is 0 Å². The van der Waals surface area contributed by atoms with Gasteiger partial charge in [0, 0.05) is 25.7 Å². The zero-order valence-corrected chi connectivity index (χ0v) is 57.7. The highest BCUT2D eigenvalue weighted by atomic mass is 31.2. The number of hydrogen-bond donors (Lipinski definition) is 3. The molecule has 0 aromatic heterocycles. The molecular weight excluding hydrogens is 1150 g/mol. The number of ether oxygens (including phenoxy) is 4. The van der Waals surface area contributed by atoms with Gasteiger partial charge in [0.05, 0.1) is 26.4 Å². The first-order valence-electron chi connectivity index (χ1n) is 34.7. The fourth-order valence-corrected chi connectivity index (χ4v) is 11.2. The van der Waals surface area contributed by atoms with Gasteiger partial charge in [0.2, 0.25) is 0 Å². The number of hydrogen-bond acceptors (Lipinski definition) is 15. The van der Waals surface area contributed by atoms with Crippen LogP contribution in [0.15, 0.2) is 24.3 Å². The lowest BCUT2D eigenvalue weighted by molar-refractivity contribution is -0.161. The van der Waals surface area contributed by atoms with Gasteiger partial charge in [-0.3, -0.25) is 37.3 Å². The van der Waals surface area contributed by atoms with Crippen LogP contribution in [0.3, 0.4) is 0 Å². The molecule has 6 atom stereocenters. The number of rotatable bonds is 64. The molecule has 87 heavy (non-hydrogen) atoms. The van der Waals surface area contributed by atoms with Crippen molar-refractivity contribution >= 4 is 39.5 Å². The van der Waals surface area contributed by atoms with E-state index in [1.807, 2.05) is 0 Å². The maximum atomic E-state index is 13.0. The number of unbranched alkanes of at least 4 members (excludes halogenated alkanes) is 28. The molecule has 3 N–H and O–H groups in total. The largest absolute Gasteiger partial charge is 0.472 e. The van der Waals surface area contributed by atoms with Crippen LogP contribution in [0.2, 0.25) is 0 Å². The number of phosphoric acid groups is 2. The number of allylic oxidation sites excluding steroid dienone is 4. The molecule has 0 aromatic rings. The zero-order valence-electron chi connectivity index (χ0n) is 56.0. The summed E-state index contributed by atoms with van der Waals surface area (Å²) >= 11 is 0. The highest BCUT2D eigenvalue weighted by Gasteiger charge is 2.30. The Balaban J connectivity index is 5.26. The third kappa shape index (κ3) is 60.9. The summed E-state index contributed by atoms with van der Waals surface area (Å²) in [6.45, 7) is 11.6. The molecule has 512 valence electrons. The normalized spacial score (nSPS) is 14.8. The van der Waals surface area contributed by atoms with Crippen molar-refractivity contribution < 1.29 is 80.2 Å². The van der Waals surface area contributed by atoms with E-state index in [4.69, 9.17) is 37.0 Å². The Hall–Kier alpha value is -2.46. The van der Waals surface area contributed by atoms with Crippen molar-refractivity contribution in [2.45, 2.75) is 330 Å². The van der Waals surface area contributed by atoms with E-state index in [2.05, 4.69) is 72.8 Å². The molecule has 0 fully saturated rings. The maximum absolute atomic E-state index is 13.0.